The summed E-state index contributed by atoms with van der Waals surface area (Å²) in [4.78, 5) is 10.7. The maximum absolute atomic E-state index is 10.7. The van der Waals surface area contributed by atoms with E-state index in [1.54, 1.807) is 0 Å². The van der Waals surface area contributed by atoms with Crippen molar-refractivity contribution in [1.82, 2.24) is 0 Å². The Hall–Kier alpha value is -0.851. The van der Waals surface area contributed by atoms with Gasteiger partial charge in [0, 0.05) is 0 Å². The van der Waals surface area contributed by atoms with Crippen LogP contribution in [0.5, 0.6) is 0 Å². The molecule has 0 saturated carbocycles. The van der Waals surface area contributed by atoms with Gasteiger partial charge in [0.1, 0.15) is 0 Å². The Morgan fingerprint density at radius 1 is 1.23 bits per heavy atom. The fraction of sp³-hybridized carbons (Fsp3) is 0.182. The van der Waals surface area contributed by atoms with Gasteiger partial charge in [-0.15, -0.1) is 0 Å². The minimum absolute atomic E-state index is 0.168. The van der Waals surface area contributed by atoms with Crippen LogP contribution in [0.2, 0.25) is 0 Å². The summed E-state index contributed by atoms with van der Waals surface area (Å²) in [6.07, 6.45) is 0.975. The van der Waals surface area contributed by atoms with Crippen LogP contribution in [0, 0.1) is 0 Å². The molecule has 0 saturated heterocycles. The number of allylic oxidation sites excluding steroid dienone is 2. The van der Waals surface area contributed by atoms with Crippen molar-refractivity contribution in [3.63, 3.8) is 0 Å². The van der Waals surface area contributed by atoms with E-state index in [1.165, 1.54) is 4.46 Å². The molecule has 0 aromatic heterocycles. The third-order valence-electron chi connectivity index (χ3n) is 1.57. The number of rotatable bonds is 3. The van der Waals surface area contributed by atoms with Gasteiger partial charge in [0.15, 0.2) is 0 Å². The molecule has 1 rings (SSSR count). The van der Waals surface area contributed by atoms with Crippen LogP contribution in [0.1, 0.15) is 13.8 Å². The molecule has 0 aliphatic rings. The predicted molar refractivity (Wildman–Crippen MR) is 56.3 cm³/mol. The van der Waals surface area contributed by atoms with Gasteiger partial charge in [0.25, 0.3) is 0 Å². The molecule has 0 spiro atoms. The van der Waals surface area contributed by atoms with Crippen LogP contribution in [0.3, 0.4) is 0 Å². The molecule has 0 heterocycles. The quantitative estimate of drug-likeness (QED) is 0.444. The van der Waals surface area contributed by atoms with Crippen molar-refractivity contribution in [3.8, 4) is 0 Å². The van der Waals surface area contributed by atoms with Crippen molar-refractivity contribution in [2.24, 2.45) is 0 Å². The van der Waals surface area contributed by atoms with E-state index in [4.69, 9.17) is 0 Å². The van der Waals surface area contributed by atoms with Gasteiger partial charge in [0.2, 0.25) is 0 Å². The number of benzene rings is 1. The number of carbonyl (C=O) groups is 1. The summed E-state index contributed by atoms with van der Waals surface area (Å²) in [6.45, 7) is 3.96. The Morgan fingerprint density at radius 2 is 1.85 bits per heavy atom. The average molecular weight is 239 g/mol. The molecular formula is C11H12OSe. The van der Waals surface area contributed by atoms with Gasteiger partial charge in [-0.25, -0.2) is 0 Å². The first kappa shape index (κ1) is 10.2. The Kier molecular flexibility index (Phi) is 3.94. The van der Waals surface area contributed by atoms with E-state index >= 15 is 0 Å². The van der Waals surface area contributed by atoms with E-state index in [1.807, 2.05) is 32.0 Å². The van der Waals surface area contributed by atoms with Gasteiger partial charge in [-0.1, -0.05) is 0 Å². The molecule has 2 heteroatoms. The monoisotopic (exact) mass is 240 g/mol. The first-order valence-electron chi connectivity index (χ1n) is 4.09. The molecule has 68 valence electrons. The second-order valence-electron chi connectivity index (χ2n) is 2.90. The first-order valence-corrected chi connectivity index (χ1v) is 5.81. The summed E-state index contributed by atoms with van der Waals surface area (Å²) in [7, 11) is 0. The third-order valence-corrected chi connectivity index (χ3v) is 4.16. The second-order valence-corrected chi connectivity index (χ2v) is 5.24. The molecule has 0 bridgehead atoms. The Balaban J connectivity index is 2.80. The van der Waals surface area contributed by atoms with Gasteiger partial charge in [-0.3, -0.25) is 0 Å². The van der Waals surface area contributed by atoms with Crippen LogP contribution < -0.4 is 4.46 Å². The summed E-state index contributed by atoms with van der Waals surface area (Å²) >= 11 is 0.168. The SMILES string of the molecule is CC(C)=C(C=O)[Se]c1ccccc1. The maximum atomic E-state index is 10.7. The molecule has 1 aromatic rings. The number of hydrogen-bond donors (Lipinski definition) is 0. The second kappa shape index (κ2) is 5.00. The van der Waals surface area contributed by atoms with E-state index in [0.717, 1.165) is 16.3 Å². The zero-order valence-corrected chi connectivity index (χ0v) is 9.49. The molecule has 0 N–H and O–H groups in total. The minimum atomic E-state index is 0.168. The van der Waals surface area contributed by atoms with Crippen molar-refractivity contribution in [2.45, 2.75) is 13.8 Å². The first-order chi connectivity index (χ1) is 6.24. The van der Waals surface area contributed by atoms with E-state index < -0.39 is 0 Å². The van der Waals surface area contributed by atoms with Crippen molar-refractivity contribution in [3.05, 3.63) is 40.4 Å². The van der Waals surface area contributed by atoms with Gasteiger partial charge in [0.05, 0.1) is 0 Å². The zero-order chi connectivity index (χ0) is 9.68. The molecule has 1 aromatic carbocycles. The summed E-state index contributed by atoms with van der Waals surface area (Å²) in [5, 5.41) is 0. The van der Waals surface area contributed by atoms with Crippen LogP contribution in [-0.2, 0) is 4.79 Å². The Labute approximate surface area is 85.0 Å². The van der Waals surface area contributed by atoms with Crippen molar-refractivity contribution < 1.29 is 4.79 Å². The van der Waals surface area contributed by atoms with E-state index in [0.29, 0.717) is 0 Å². The molecule has 1 nitrogen and oxygen atoms in total. The van der Waals surface area contributed by atoms with E-state index in [2.05, 4.69) is 12.1 Å². The van der Waals surface area contributed by atoms with Gasteiger partial charge >= 0.3 is 84.7 Å². The molecule has 0 amide bonds. The van der Waals surface area contributed by atoms with Crippen LogP contribution in [0.25, 0.3) is 0 Å². The summed E-state index contributed by atoms with van der Waals surface area (Å²) < 4.78 is 2.19. The van der Waals surface area contributed by atoms with Crippen molar-refractivity contribution in [1.29, 1.82) is 0 Å². The van der Waals surface area contributed by atoms with Crippen LogP contribution in [0.4, 0.5) is 0 Å². The normalized spacial score (nSPS) is 9.38. The third kappa shape index (κ3) is 3.17. The fourth-order valence-electron chi connectivity index (χ4n) is 0.859. The summed E-state index contributed by atoms with van der Waals surface area (Å²) in [5.74, 6) is 0. The Bertz CT molecular complexity index is 310. The number of carbonyl (C=O) groups excluding carboxylic acids is 1. The number of aldehydes is 1. The summed E-state index contributed by atoms with van der Waals surface area (Å²) in [5.41, 5.74) is 1.12. The van der Waals surface area contributed by atoms with Crippen LogP contribution in [0.15, 0.2) is 40.4 Å². The number of hydrogen-bond acceptors (Lipinski definition) is 1. The van der Waals surface area contributed by atoms with Gasteiger partial charge in [-0.05, 0) is 0 Å². The van der Waals surface area contributed by atoms with Crippen LogP contribution in [-0.4, -0.2) is 21.2 Å². The molecule has 0 atom stereocenters. The predicted octanol–water partition coefficient (Wildman–Crippen LogP) is 1.51. The standard InChI is InChI=1S/C11H12OSe/c1-9(2)11(8-12)13-10-6-4-3-5-7-10/h3-8H,1-2H3. The molecular weight excluding hydrogens is 227 g/mol. The van der Waals surface area contributed by atoms with Gasteiger partial charge in [-0.2, -0.15) is 0 Å². The molecule has 0 aliphatic heterocycles. The Morgan fingerprint density at radius 3 is 2.31 bits per heavy atom. The molecule has 0 radical (unpaired) electrons. The van der Waals surface area contributed by atoms with E-state index in [-0.39, 0.29) is 15.0 Å². The van der Waals surface area contributed by atoms with Crippen LogP contribution >= 0.6 is 0 Å². The molecule has 0 fully saturated rings. The fourth-order valence-corrected chi connectivity index (χ4v) is 2.54. The molecule has 0 aliphatic carbocycles. The van der Waals surface area contributed by atoms with E-state index in [9.17, 15) is 4.79 Å². The van der Waals surface area contributed by atoms with Gasteiger partial charge < -0.3 is 0 Å². The summed E-state index contributed by atoms with van der Waals surface area (Å²) in [6, 6.07) is 10.1. The molecule has 13 heavy (non-hydrogen) atoms. The zero-order valence-electron chi connectivity index (χ0n) is 7.78. The topological polar surface area (TPSA) is 17.1 Å². The molecule has 0 unspecified atom stereocenters. The van der Waals surface area contributed by atoms with Crippen molar-refractivity contribution in [2.75, 3.05) is 0 Å². The van der Waals surface area contributed by atoms with Crippen molar-refractivity contribution >= 4 is 25.7 Å². The average Bonchev–Trinajstić information content (AvgIpc) is 2.15.